The van der Waals surface area contributed by atoms with E-state index in [1.54, 1.807) is 37.3 Å². The predicted molar refractivity (Wildman–Crippen MR) is 118 cm³/mol. The minimum Gasteiger partial charge on any atom is -0.477 e. The van der Waals surface area contributed by atoms with E-state index in [0.717, 1.165) is 4.90 Å². The average Bonchev–Trinajstić information content (AvgIpc) is 2.97. The number of carboxylic acid groups (broad SMARTS) is 1. The summed E-state index contributed by atoms with van der Waals surface area (Å²) in [6.45, 7) is 2.66. The van der Waals surface area contributed by atoms with E-state index in [4.69, 9.17) is 0 Å². The fourth-order valence-electron chi connectivity index (χ4n) is 5.23. The SMILES string of the molecule is C[C@@H](O)[C@H]1C(=O)N2C(C(=O)O)=C(CN3C(=O)c4cccc5cccc(c45)S3(=O)=O)[C@H](C)[C@H]12.[Na]. The van der Waals surface area contributed by atoms with Crippen molar-refractivity contribution in [2.45, 2.75) is 30.9 Å². The molecular formula is C22H20N2NaO7S. The van der Waals surface area contributed by atoms with Gasteiger partial charge in [0.05, 0.1) is 29.5 Å². The molecule has 9 nitrogen and oxygen atoms in total. The summed E-state index contributed by atoms with van der Waals surface area (Å²) >= 11 is 0. The summed E-state index contributed by atoms with van der Waals surface area (Å²) in [5.74, 6) is -3.97. The second-order valence-corrected chi connectivity index (χ2v) is 10.2. The summed E-state index contributed by atoms with van der Waals surface area (Å²) in [6, 6.07) is 9.06. The van der Waals surface area contributed by atoms with Crippen LogP contribution < -0.4 is 0 Å². The summed E-state index contributed by atoms with van der Waals surface area (Å²) in [5, 5.41) is 20.8. The Morgan fingerprint density at radius 2 is 1.79 bits per heavy atom. The van der Waals surface area contributed by atoms with Gasteiger partial charge in [0.1, 0.15) is 5.70 Å². The summed E-state index contributed by atoms with van der Waals surface area (Å²) in [5.41, 5.74) is 0.0733. The standard InChI is InChI=1S/C22H20N2O7S.Na/c1-10-14(19(22(28)29)24-18(10)16(11(2)25)21(24)27)9-23-20(26)13-7-3-5-12-6-4-8-15(17(12)13)32(23,30)31;/h3-8,10-11,16,18,25H,9H2,1-2H3,(H,28,29);/t10-,11+,16+,18+;/m0./s1. The number of amides is 2. The molecule has 1 radical (unpaired) electrons. The molecule has 33 heavy (non-hydrogen) atoms. The van der Waals surface area contributed by atoms with Gasteiger partial charge in [-0.25, -0.2) is 17.5 Å². The van der Waals surface area contributed by atoms with Crippen LogP contribution in [-0.2, 0) is 19.6 Å². The molecule has 2 N–H and O–H groups in total. The maximum absolute atomic E-state index is 13.4. The molecule has 0 saturated carbocycles. The Kier molecular flexibility index (Phi) is 5.73. The number of benzene rings is 2. The van der Waals surface area contributed by atoms with Gasteiger partial charge in [-0.1, -0.05) is 31.2 Å². The Hall–Kier alpha value is -2.24. The monoisotopic (exact) mass is 479 g/mol. The van der Waals surface area contributed by atoms with Crippen molar-refractivity contribution in [2.24, 2.45) is 11.8 Å². The van der Waals surface area contributed by atoms with Crippen LogP contribution in [0.1, 0.15) is 24.2 Å². The molecule has 0 aliphatic carbocycles. The van der Waals surface area contributed by atoms with Crippen molar-refractivity contribution in [3.63, 3.8) is 0 Å². The Morgan fingerprint density at radius 1 is 1.15 bits per heavy atom. The van der Waals surface area contributed by atoms with Crippen LogP contribution in [0, 0.1) is 11.8 Å². The molecule has 5 rings (SSSR count). The maximum atomic E-state index is 13.4. The van der Waals surface area contributed by atoms with Crippen LogP contribution in [0.3, 0.4) is 0 Å². The van der Waals surface area contributed by atoms with Gasteiger partial charge in [-0.3, -0.25) is 9.59 Å². The first-order chi connectivity index (χ1) is 15.1. The topological polar surface area (TPSA) is 132 Å². The number of carbonyl (C=O) groups excluding carboxylic acids is 2. The molecule has 2 amide bonds. The largest absolute Gasteiger partial charge is 0.477 e. The third kappa shape index (κ3) is 3.12. The number of sulfonamides is 1. The van der Waals surface area contributed by atoms with E-state index in [0.29, 0.717) is 15.1 Å². The number of aliphatic hydroxyl groups is 1. The first kappa shape index (κ1) is 23.9. The Labute approximate surface area is 212 Å². The fraction of sp³-hybridized carbons (Fsp3) is 0.318. The van der Waals surface area contributed by atoms with Crippen molar-refractivity contribution in [3.8, 4) is 0 Å². The number of rotatable bonds is 4. The predicted octanol–water partition coefficient (Wildman–Crippen LogP) is 0.800. The molecule has 2 aromatic rings. The second-order valence-electron chi connectivity index (χ2n) is 8.41. The van der Waals surface area contributed by atoms with Crippen LogP contribution in [0.25, 0.3) is 10.8 Å². The van der Waals surface area contributed by atoms with Crippen LogP contribution in [0.15, 0.2) is 52.6 Å². The molecule has 0 bridgehead atoms. The molecule has 3 aliphatic rings. The van der Waals surface area contributed by atoms with E-state index in [-0.39, 0.29) is 51.3 Å². The third-order valence-corrected chi connectivity index (χ3v) is 8.49. The smallest absolute Gasteiger partial charge is 0.352 e. The van der Waals surface area contributed by atoms with E-state index in [9.17, 15) is 33.0 Å². The Bertz CT molecular complexity index is 1360. The van der Waals surface area contributed by atoms with Crippen molar-refractivity contribution in [2.75, 3.05) is 6.54 Å². The van der Waals surface area contributed by atoms with E-state index in [1.807, 2.05) is 0 Å². The van der Waals surface area contributed by atoms with Gasteiger partial charge in [-0.2, -0.15) is 0 Å². The molecule has 11 heteroatoms. The van der Waals surface area contributed by atoms with Gasteiger partial charge in [0.15, 0.2) is 0 Å². The maximum Gasteiger partial charge on any atom is 0.352 e. The summed E-state index contributed by atoms with van der Waals surface area (Å²) in [4.78, 5) is 38.9. The molecule has 167 valence electrons. The van der Waals surface area contributed by atoms with Crippen LogP contribution in [0.4, 0.5) is 0 Å². The van der Waals surface area contributed by atoms with Crippen LogP contribution in [0.2, 0.25) is 0 Å². The van der Waals surface area contributed by atoms with Gasteiger partial charge in [0, 0.05) is 46.4 Å². The number of aliphatic carboxylic acids is 1. The summed E-state index contributed by atoms with van der Waals surface area (Å²) in [6.07, 6.45) is -0.981. The first-order valence-corrected chi connectivity index (χ1v) is 11.6. The van der Waals surface area contributed by atoms with Gasteiger partial charge < -0.3 is 15.1 Å². The molecule has 0 spiro atoms. The van der Waals surface area contributed by atoms with E-state index in [1.165, 1.54) is 13.0 Å². The molecule has 3 heterocycles. The average molecular weight is 479 g/mol. The van der Waals surface area contributed by atoms with Crippen molar-refractivity contribution in [1.29, 1.82) is 0 Å². The molecule has 3 aliphatic heterocycles. The number of fused-ring (bicyclic) bond motifs is 1. The van der Waals surface area contributed by atoms with Crippen LogP contribution in [-0.4, -0.2) is 93.9 Å². The van der Waals surface area contributed by atoms with Gasteiger partial charge in [0.25, 0.3) is 15.9 Å². The molecule has 0 unspecified atom stereocenters. The number of carboxylic acids is 1. The zero-order valence-electron chi connectivity index (χ0n) is 18.2. The van der Waals surface area contributed by atoms with Crippen molar-refractivity contribution >= 4 is 68.1 Å². The Balaban J connectivity index is 0.00000259. The fourth-order valence-corrected chi connectivity index (χ4v) is 6.83. The van der Waals surface area contributed by atoms with Crippen LogP contribution >= 0.6 is 0 Å². The number of β-lactam (4-membered cyclic amide) rings is 1. The number of nitrogens with zero attached hydrogens (tertiary/aromatic N) is 2. The number of hydrogen-bond acceptors (Lipinski definition) is 6. The third-order valence-electron chi connectivity index (χ3n) is 6.72. The minimum absolute atomic E-state index is 0. The van der Waals surface area contributed by atoms with Crippen molar-refractivity contribution < 1.29 is 33.0 Å². The number of hydrogen-bond donors (Lipinski definition) is 2. The van der Waals surface area contributed by atoms with Gasteiger partial charge >= 0.3 is 5.97 Å². The summed E-state index contributed by atoms with van der Waals surface area (Å²) < 4.78 is 27.5. The molecular weight excluding hydrogens is 459 g/mol. The second kappa shape index (κ2) is 7.92. The van der Waals surface area contributed by atoms with Gasteiger partial charge in [-0.05, 0) is 30.0 Å². The number of carbonyl (C=O) groups is 3. The Morgan fingerprint density at radius 3 is 2.39 bits per heavy atom. The minimum atomic E-state index is -4.25. The van der Waals surface area contributed by atoms with E-state index in [2.05, 4.69) is 0 Å². The van der Waals surface area contributed by atoms with Gasteiger partial charge in [-0.15, -0.1) is 0 Å². The quantitative estimate of drug-likeness (QED) is 0.490. The zero-order valence-corrected chi connectivity index (χ0v) is 21.0. The molecule has 1 saturated heterocycles. The van der Waals surface area contributed by atoms with E-state index >= 15 is 0 Å². The van der Waals surface area contributed by atoms with Crippen LogP contribution in [0.5, 0.6) is 0 Å². The molecule has 0 aromatic heterocycles. The molecule has 4 atom stereocenters. The normalized spacial score (nSPS) is 26.1. The molecule has 1 fully saturated rings. The van der Waals surface area contributed by atoms with E-state index < -0.39 is 58.3 Å². The van der Waals surface area contributed by atoms with Gasteiger partial charge in [0.2, 0.25) is 5.91 Å². The summed E-state index contributed by atoms with van der Waals surface area (Å²) in [7, 11) is -4.25. The first-order valence-electron chi connectivity index (χ1n) is 10.1. The van der Waals surface area contributed by atoms with Crippen molar-refractivity contribution in [3.05, 3.63) is 53.2 Å². The zero-order chi connectivity index (χ0) is 23.1. The van der Waals surface area contributed by atoms with Crippen molar-refractivity contribution in [1.82, 2.24) is 9.21 Å². The number of aliphatic hydroxyl groups excluding tert-OH is 1. The molecule has 2 aromatic carbocycles.